The molecule has 0 fully saturated rings. The molecule has 0 aliphatic rings. The van der Waals surface area contributed by atoms with E-state index in [1.165, 1.54) is 26.1 Å². The molecule has 0 spiro atoms. The van der Waals surface area contributed by atoms with E-state index in [9.17, 15) is 0 Å². The minimum Gasteiger partial charge on any atom is -1.00 e. The molecule has 0 saturated carbocycles. The second-order valence-corrected chi connectivity index (χ2v) is 5.34. The van der Waals surface area contributed by atoms with Crippen molar-refractivity contribution in [3.05, 3.63) is 0 Å². The highest BCUT2D eigenvalue weighted by atomic mass is 35.5. The predicted octanol–water partition coefficient (Wildman–Crippen LogP) is -4.81. The Morgan fingerprint density at radius 1 is 0.786 bits per heavy atom. The Kier molecular flexibility index (Phi) is 11.1. The van der Waals surface area contributed by atoms with E-state index in [4.69, 9.17) is 0 Å². The van der Waals surface area contributed by atoms with Crippen LogP contribution in [0.25, 0.3) is 0 Å². The molecule has 0 radical (unpaired) electrons. The van der Waals surface area contributed by atoms with E-state index in [1.54, 1.807) is 0 Å². The Bertz CT molecular complexity index is 131. The highest BCUT2D eigenvalue weighted by Gasteiger charge is 2.14. The molecule has 0 unspecified atom stereocenters. The van der Waals surface area contributed by atoms with E-state index >= 15 is 0 Å². The van der Waals surface area contributed by atoms with Crippen LogP contribution in [0.5, 0.6) is 0 Å². The van der Waals surface area contributed by atoms with E-state index in [1.807, 2.05) is 0 Å². The van der Waals surface area contributed by atoms with Gasteiger partial charge in [-0.3, -0.25) is 0 Å². The smallest absolute Gasteiger partial charge is 0.0836 e. The van der Waals surface area contributed by atoms with Crippen molar-refractivity contribution in [2.45, 2.75) is 13.3 Å². The normalized spacial score (nSPS) is 11.6. The minimum atomic E-state index is 0. The first-order valence-corrected chi connectivity index (χ1v) is 4.89. The maximum atomic E-state index is 2.30. The number of quaternary nitrogens is 2. The summed E-state index contributed by atoms with van der Waals surface area (Å²) in [4.78, 5) is 0. The van der Waals surface area contributed by atoms with Gasteiger partial charge < -0.3 is 33.8 Å². The van der Waals surface area contributed by atoms with Gasteiger partial charge in [-0.1, -0.05) is 0 Å². The topological polar surface area (TPSA) is 0 Å². The zero-order chi connectivity index (χ0) is 9.83. The Morgan fingerprint density at radius 2 is 1.21 bits per heavy atom. The quantitative estimate of drug-likeness (QED) is 0.426. The van der Waals surface area contributed by atoms with Gasteiger partial charge in [0.25, 0.3) is 0 Å². The maximum absolute atomic E-state index is 2.30. The van der Waals surface area contributed by atoms with Crippen molar-refractivity contribution in [1.82, 2.24) is 0 Å². The molecule has 0 rings (SSSR count). The summed E-state index contributed by atoms with van der Waals surface area (Å²) in [7, 11) is 11.4. The highest BCUT2D eigenvalue weighted by Crippen LogP contribution is 2.01. The van der Waals surface area contributed by atoms with Crippen molar-refractivity contribution < 1.29 is 33.8 Å². The number of nitrogens with zero attached hydrogens (tertiary/aromatic N) is 2. The van der Waals surface area contributed by atoms with Crippen molar-refractivity contribution in [3.63, 3.8) is 0 Å². The molecule has 4 heteroatoms. The summed E-state index contributed by atoms with van der Waals surface area (Å²) in [6.07, 6.45) is 1.32. The minimum absolute atomic E-state index is 0. The summed E-state index contributed by atoms with van der Waals surface area (Å²) in [6.45, 7) is 6.07. The molecule has 0 bridgehead atoms. The SMILES string of the molecule is CC[N+](C)(C)CCC[N+](C)(C)C.[Cl-].[Cl-]. The fraction of sp³-hybridized carbons (Fsp3) is 1.00. The van der Waals surface area contributed by atoms with E-state index in [0.29, 0.717) is 0 Å². The summed E-state index contributed by atoms with van der Waals surface area (Å²) in [6, 6.07) is 0. The van der Waals surface area contributed by atoms with Gasteiger partial charge in [0.2, 0.25) is 0 Å². The molecule has 0 heterocycles. The van der Waals surface area contributed by atoms with Crippen LogP contribution < -0.4 is 24.8 Å². The van der Waals surface area contributed by atoms with Crippen LogP contribution in [0, 0.1) is 0 Å². The van der Waals surface area contributed by atoms with Crippen LogP contribution >= 0.6 is 0 Å². The molecule has 90 valence electrons. The summed E-state index contributed by atoms with van der Waals surface area (Å²) >= 11 is 0. The van der Waals surface area contributed by atoms with Crippen molar-refractivity contribution in [1.29, 1.82) is 0 Å². The van der Waals surface area contributed by atoms with Crippen LogP contribution in [0.3, 0.4) is 0 Å². The summed E-state index contributed by atoms with van der Waals surface area (Å²) in [5.41, 5.74) is 0. The Labute approximate surface area is 102 Å². The lowest BCUT2D eigenvalue weighted by Crippen LogP contribution is -3.00. The molecule has 0 aromatic carbocycles. The lowest BCUT2D eigenvalue weighted by molar-refractivity contribution is -0.900. The van der Waals surface area contributed by atoms with Crippen LogP contribution in [0.2, 0.25) is 0 Å². The zero-order valence-electron chi connectivity index (χ0n) is 10.5. The van der Waals surface area contributed by atoms with Gasteiger partial charge in [-0.2, -0.15) is 0 Å². The Balaban J connectivity index is -0.000000605. The van der Waals surface area contributed by atoms with Crippen molar-refractivity contribution in [2.75, 3.05) is 54.9 Å². The van der Waals surface area contributed by atoms with Gasteiger partial charge in [0.15, 0.2) is 0 Å². The molecule has 14 heavy (non-hydrogen) atoms. The first-order valence-electron chi connectivity index (χ1n) is 4.89. The van der Waals surface area contributed by atoms with Crippen molar-refractivity contribution in [3.8, 4) is 0 Å². The second kappa shape index (κ2) is 7.75. The number of rotatable bonds is 5. The molecule has 0 amide bonds. The molecule has 0 saturated heterocycles. The van der Waals surface area contributed by atoms with Gasteiger partial charge in [-0.15, -0.1) is 0 Å². The van der Waals surface area contributed by atoms with Crippen LogP contribution in [-0.2, 0) is 0 Å². The molecule has 0 atom stereocenters. The highest BCUT2D eigenvalue weighted by molar-refractivity contribution is 4.35. The average molecular weight is 245 g/mol. The number of hydrogen-bond acceptors (Lipinski definition) is 0. The third kappa shape index (κ3) is 12.5. The fourth-order valence-electron chi connectivity index (χ4n) is 1.13. The van der Waals surface area contributed by atoms with Crippen molar-refractivity contribution in [2.24, 2.45) is 0 Å². The standard InChI is InChI=1S/C10H26N2.2ClH/c1-7-12(5,6)10-8-9-11(2,3)4;;/h7-10H2,1-6H3;2*1H/q+2;;/p-2. The molecule has 0 aliphatic carbocycles. The molecular weight excluding hydrogens is 219 g/mol. The van der Waals surface area contributed by atoms with Gasteiger partial charge in [0.05, 0.1) is 54.9 Å². The molecule has 0 aromatic rings. The molecular formula is C10H26Cl2N2. The largest absolute Gasteiger partial charge is 1.00 e. The zero-order valence-corrected chi connectivity index (χ0v) is 12.0. The molecule has 0 N–H and O–H groups in total. The third-order valence-corrected chi connectivity index (χ3v) is 2.45. The van der Waals surface area contributed by atoms with E-state index in [2.05, 4.69) is 42.2 Å². The summed E-state index contributed by atoms with van der Waals surface area (Å²) in [5.74, 6) is 0. The van der Waals surface area contributed by atoms with Crippen molar-refractivity contribution >= 4 is 0 Å². The molecule has 0 aromatic heterocycles. The van der Waals surface area contributed by atoms with Gasteiger partial charge in [-0.25, -0.2) is 0 Å². The Morgan fingerprint density at radius 3 is 1.50 bits per heavy atom. The van der Waals surface area contributed by atoms with Crippen LogP contribution in [-0.4, -0.2) is 63.8 Å². The van der Waals surface area contributed by atoms with E-state index in [-0.39, 0.29) is 24.8 Å². The lowest BCUT2D eigenvalue weighted by atomic mass is 10.3. The van der Waals surface area contributed by atoms with Crippen LogP contribution in [0.4, 0.5) is 0 Å². The maximum Gasteiger partial charge on any atom is 0.0836 e. The van der Waals surface area contributed by atoms with Crippen LogP contribution in [0.1, 0.15) is 13.3 Å². The first-order chi connectivity index (χ1) is 5.27. The van der Waals surface area contributed by atoms with E-state index in [0.717, 1.165) is 8.97 Å². The van der Waals surface area contributed by atoms with Crippen LogP contribution in [0.15, 0.2) is 0 Å². The third-order valence-electron chi connectivity index (χ3n) is 2.45. The number of hydrogen-bond donors (Lipinski definition) is 0. The predicted molar refractivity (Wildman–Crippen MR) is 55.0 cm³/mol. The van der Waals surface area contributed by atoms with Gasteiger partial charge >= 0.3 is 0 Å². The second-order valence-electron chi connectivity index (χ2n) is 5.34. The lowest BCUT2D eigenvalue weighted by Gasteiger charge is -2.30. The summed E-state index contributed by atoms with van der Waals surface area (Å²) in [5, 5.41) is 0. The monoisotopic (exact) mass is 244 g/mol. The van der Waals surface area contributed by atoms with E-state index < -0.39 is 0 Å². The number of halogens is 2. The first kappa shape index (κ1) is 20.0. The fourth-order valence-corrected chi connectivity index (χ4v) is 1.13. The average Bonchev–Trinajstić information content (AvgIpc) is 1.84. The Hall–Kier alpha value is 0.500. The molecule has 0 aliphatic heterocycles. The van der Waals surface area contributed by atoms with Gasteiger partial charge in [0, 0.05) is 6.42 Å². The van der Waals surface area contributed by atoms with Gasteiger partial charge in [-0.05, 0) is 6.92 Å². The van der Waals surface area contributed by atoms with Gasteiger partial charge in [0.1, 0.15) is 0 Å². The summed E-state index contributed by atoms with van der Waals surface area (Å²) < 4.78 is 2.24. The molecule has 2 nitrogen and oxygen atoms in total.